The van der Waals surface area contributed by atoms with Gasteiger partial charge in [-0.25, -0.2) is 13.1 Å². The maximum absolute atomic E-state index is 12.4. The lowest BCUT2D eigenvalue weighted by Crippen LogP contribution is -2.23. The van der Waals surface area contributed by atoms with Crippen LogP contribution in [0, 0.1) is 0 Å². The smallest absolute Gasteiger partial charge is 0.244 e. The summed E-state index contributed by atoms with van der Waals surface area (Å²) in [6.45, 7) is 1.36. The van der Waals surface area contributed by atoms with Gasteiger partial charge in [-0.15, -0.1) is 0 Å². The molecule has 0 fully saturated rings. The van der Waals surface area contributed by atoms with Crippen molar-refractivity contribution in [2.45, 2.75) is 18.4 Å². The molecule has 1 aromatic heterocycles. The summed E-state index contributed by atoms with van der Waals surface area (Å²) < 4.78 is 37.4. The summed E-state index contributed by atoms with van der Waals surface area (Å²) in [5.41, 5.74) is 0.367. The van der Waals surface area contributed by atoms with Crippen LogP contribution in [-0.2, 0) is 21.4 Å². The zero-order valence-corrected chi connectivity index (χ0v) is 12.9. The first-order chi connectivity index (χ1) is 10.4. The van der Waals surface area contributed by atoms with E-state index in [9.17, 15) is 13.2 Å². The van der Waals surface area contributed by atoms with Crippen LogP contribution in [0.25, 0.3) is 0 Å². The van der Waals surface area contributed by atoms with Crippen molar-refractivity contribution in [3.8, 4) is 5.75 Å². The van der Waals surface area contributed by atoms with Crippen LogP contribution in [0.15, 0.2) is 45.9 Å². The molecule has 0 aliphatic heterocycles. The zero-order chi connectivity index (χ0) is 16.2. The molecular weight excluding hydrogens is 308 g/mol. The van der Waals surface area contributed by atoms with Crippen LogP contribution in [0.4, 0.5) is 5.69 Å². The van der Waals surface area contributed by atoms with Crippen molar-refractivity contribution < 1.29 is 22.4 Å². The van der Waals surface area contributed by atoms with Crippen LogP contribution in [-0.4, -0.2) is 21.4 Å². The Labute approximate surface area is 128 Å². The van der Waals surface area contributed by atoms with Crippen molar-refractivity contribution in [1.82, 2.24) is 4.72 Å². The number of sulfonamides is 1. The molecule has 2 aromatic rings. The van der Waals surface area contributed by atoms with E-state index in [-0.39, 0.29) is 23.1 Å². The van der Waals surface area contributed by atoms with E-state index >= 15 is 0 Å². The summed E-state index contributed by atoms with van der Waals surface area (Å²) in [5, 5.41) is 2.53. The van der Waals surface area contributed by atoms with Gasteiger partial charge in [-0.1, -0.05) is 0 Å². The fourth-order valence-corrected chi connectivity index (χ4v) is 3.01. The van der Waals surface area contributed by atoms with Crippen molar-refractivity contribution >= 4 is 21.6 Å². The number of hydrogen-bond donors (Lipinski definition) is 2. The maximum atomic E-state index is 12.4. The third-order valence-corrected chi connectivity index (χ3v) is 4.21. The second kappa shape index (κ2) is 6.63. The fraction of sp³-hybridized carbons (Fsp3) is 0.214. The quantitative estimate of drug-likeness (QED) is 0.843. The van der Waals surface area contributed by atoms with Crippen LogP contribution in [0.3, 0.4) is 0 Å². The standard InChI is InChI=1S/C14H16N2O5S/c1-10(17)16-11-5-6-13(20-2)14(8-11)22(18,19)15-9-12-4-3-7-21-12/h3-8,15H,9H2,1-2H3,(H,16,17). The highest BCUT2D eigenvalue weighted by atomic mass is 32.2. The van der Waals surface area contributed by atoms with Crippen molar-refractivity contribution in [2.75, 3.05) is 12.4 Å². The first-order valence-electron chi connectivity index (χ1n) is 6.40. The number of carbonyl (C=O) groups excluding carboxylic acids is 1. The fourth-order valence-electron chi connectivity index (χ4n) is 1.82. The Morgan fingerprint density at radius 3 is 2.68 bits per heavy atom. The van der Waals surface area contributed by atoms with Crippen molar-refractivity contribution in [3.63, 3.8) is 0 Å². The summed E-state index contributed by atoms with van der Waals surface area (Å²) >= 11 is 0. The second-order valence-corrected chi connectivity index (χ2v) is 6.19. The Balaban J connectivity index is 2.29. The minimum atomic E-state index is -3.82. The van der Waals surface area contributed by atoms with E-state index in [0.29, 0.717) is 11.4 Å². The molecule has 0 radical (unpaired) electrons. The normalized spacial score (nSPS) is 11.2. The van der Waals surface area contributed by atoms with Gasteiger partial charge >= 0.3 is 0 Å². The number of amides is 1. The molecule has 118 valence electrons. The molecule has 0 saturated heterocycles. The molecular formula is C14H16N2O5S. The van der Waals surface area contributed by atoms with Crippen LogP contribution >= 0.6 is 0 Å². The largest absolute Gasteiger partial charge is 0.495 e. The average molecular weight is 324 g/mol. The molecule has 2 rings (SSSR count). The summed E-state index contributed by atoms with van der Waals surface area (Å²) in [6, 6.07) is 7.71. The number of ether oxygens (including phenoxy) is 1. The molecule has 8 heteroatoms. The van der Waals surface area contributed by atoms with Gasteiger partial charge < -0.3 is 14.5 Å². The Hall–Kier alpha value is -2.32. The molecule has 0 aliphatic carbocycles. The highest BCUT2D eigenvalue weighted by molar-refractivity contribution is 7.89. The summed E-state index contributed by atoms with van der Waals surface area (Å²) in [7, 11) is -2.45. The summed E-state index contributed by atoms with van der Waals surface area (Å²) in [6.07, 6.45) is 1.46. The van der Waals surface area contributed by atoms with Gasteiger partial charge in [0, 0.05) is 12.6 Å². The van der Waals surface area contributed by atoms with Gasteiger partial charge in [0.2, 0.25) is 15.9 Å². The predicted octanol–water partition coefficient (Wildman–Crippen LogP) is 1.73. The van der Waals surface area contributed by atoms with Crippen molar-refractivity contribution in [2.24, 2.45) is 0 Å². The lowest BCUT2D eigenvalue weighted by Gasteiger charge is -2.12. The SMILES string of the molecule is COc1ccc(NC(C)=O)cc1S(=O)(=O)NCc1ccco1. The van der Waals surface area contributed by atoms with Crippen molar-refractivity contribution in [1.29, 1.82) is 0 Å². The van der Waals surface area contributed by atoms with Gasteiger partial charge in [0.05, 0.1) is 19.9 Å². The number of nitrogens with one attached hydrogen (secondary N) is 2. The average Bonchev–Trinajstić information content (AvgIpc) is 2.98. The molecule has 0 atom stereocenters. The molecule has 0 bridgehead atoms. The first-order valence-corrected chi connectivity index (χ1v) is 7.88. The molecule has 7 nitrogen and oxygen atoms in total. The van der Waals surface area contributed by atoms with Crippen LogP contribution in [0.2, 0.25) is 0 Å². The first kappa shape index (κ1) is 16.1. The summed E-state index contributed by atoms with van der Waals surface area (Å²) in [5.74, 6) is 0.374. The third kappa shape index (κ3) is 3.86. The number of benzene rings is 1. The Bertz CT molecular complexity index is 754. The number of anilines is 1. The molecule has 0 aliphatic rings. The highest BCUT2D eigenvalue weighted by Crippen LogP contribution is 2.27. The Morgan fingerprint density at radius 2 is 2.09 bits per heavy atom. The van der Waals surface area contributed by atoms with Crippen LogP contribution in [0.5, 0.6) is 5.75 Å². The molecule has 2 N–H and O–H groups in total. The van der Waals surface area contributed by atoms with E-state index in [4.69, 9.17) is 9.15 Å². The van der Waals surface area contributed by atoms with Gasteiger partial charge in [-0.3, -0.25) is 4.79 Å². The van der Waals surface area contributed by atoms with Gasteiger partial charge in [0.1, 0.15) is 16.4 Å². The maximum Gasteiger partial charge on any atom is 0.244 e. The molecule has 1 aromatic carbocycles. The monoisotopic (exact) mass is 324 g/mol. The van der Waals surface area contributed by atoms with E-state index in [1.54, 1.807) is 18.2 Å². The van der Waals surface area contributed by atoms with Gasteiger partial charge in [0.15, 0.2) is 0 Å². The number of furan rings is 1. The topological polar surface area (TPSA) is 97.6 Å². The van der Waals surface area contributed by atoms with E-state index < -0.39 is 10.0 Å². The lowest BCUT2D eigenvalue weighted by molar-refractivity contribution is -0.114. The number of carbonyl (C=O) groups is 1. The zero-order valence-electron chi connectivity index (χ0n) is 12.1. The predicted molar refractivity (Wildman–Crippen MR) is 80.0 cm³/mol. The van der Waals surface area contributed by atoms with Gasteiger partial charge in [-0.05, 0) is 30.3 Å². The number of hydrogen-bond acceptors (Lipinski definition) is 5. The minimum absolute atomic E-state index is 0.0167. The molecule has 1 heterocycles. The van der Waals surface area contributed by atoms with E-state index in [1.807, 2.05) is 0 Å². The molecule has 1 amide bonds. The van der Waals surface area contributed by atoms with Crippen molar-refractivity contribution in [3.05, 3.63) is 42.4 Å². The highest BCUT2D eigenvalue weighted by Gasteiger charge is 2.20. The number of methoxy groups -OCH3 is 1. The van der Waals surface area contributed by atoms with Gasteiger partial charge in [-0.2, -0.15) is 0 Å². The van der Waals surface area contributed by atoms with E-state index in [0.717, 1.165) is 0 Å². The molecule has 22 heavy (non-hydrogen) atoms. The molecule has 0 unspecified atom stereocenters. The van der Waals surface area contributed by atoms with Crippen LogP contribution < -0.4 is 14.8 Å². The molecule has 0 saturated carbocycles. The minimum Gasteiger partial charge on any atom is -0.495 e. The lowest BCUT2D eigenvalue weighted by atomic mass is 10.3. The molecule has 0 spiro atoms. The Morgan fingerprint density at radius 1 is 1.32 bits per heavy atom. The van der Waals surface area contributed by atoms with E-state index in [1.165, 1.54) is 32.4 Å². The van der Waals surface area contributed by atoms with Gasteiger partial charge in [0.25, 0.3) is 0 Å². The van der Waals surface area contributed by atoms with Crippen LogP contribution in [0.1, 0.15) is 12.7 Å². The number of rotatable bonds is 6. The Kier molecular flexibility index (Phi) is 4.84. The summed E-state index contributed by atoms with van der Waals surface area (Å²) in [4.78, 5) is 11.0. The van der Waals surface area contributed by atoms with E-state index in [2.05, 4.69) is 10.0 Å². The third-order valence-electron chi connectivity index (χ3n) is 2.79. The second-order valence-electron chi connectivity index (χ2n) is 4.45.